The van der Waals surface area contributed by atoms with Gasteiger partial charge in [-0.2, -0.15) is 0 Å². The Morgan fingerprint density at radius 1 is 0.462 bits per heavy atom. The Labute approximate surface area is 243 Å². The van der Waals surface area contributed by atoms with Crippen molar-refractivity contribution in [1.29, 1.82) is 0 Å². The summed E-state index contributed by atoms with van der Waals surface area (Å²) in [5, 5.41) is 4.33. The van der Waals surface area contributed by atoms with E-state index >= 15 is 0 Å². The van der Waals surface area contributed by atoms with Gasteiger partial charge in [-0.25, -0.2) is 0 Å². The number of carbonyl (C=O) groups is 2. The van der Waals surface area contributed by atoms with Gasteiger partial charge in [-0.05, 0) is 67.8 Å². The molecule has 4 aromatic rings. The number of imide groups is 1. The topological polar surface area (TPSA) is 37.4 Å². The zero-order chi connectivity index (χ0) is 26.2. The van der Waals surface area contributed by atoms with Gasteiger partial charge in [0, 0.05) is 6.54 Å². The van der Waals surface area contributed by atoms with Crippen molar-refractivity contribution in [3.05, 3.63) is 126 Å². The first-order chi connectivity index (χ1) is 18.7. The second-order valence-corrected chi connectivity index (χ2v) is 13.6. The van der Waals surface area contributed by atoms with Crippen LogP contribution >= 0.6 is 7.26 Å². The second-order valence-electron chi connectivity index (χ2n) is 9.97. The van der Waals surface area contributed by atoms with E-state index in [0.717, 1.165) is 25.4 Å². The highest BCUT2D eigenvalue weighted by Crippen LogP contribution is 2.56. The summed E-state index contributed by atoms with van der Waals surface area (Å²) in [5.74, 6) is -0.290. The van der Waals surface area contributed by atoms with Crippen LogP contribution in [0, 0.1) is 0 Å². The number of unbranched alkanes of at least 4 members (excludes halogenated alkanes) is 5. The third-order valence-electron chi connectivity index (χ3n) is 7.59. The molecule has 200 valence electrons. The highest BCUT2D eigenvalue weighted by molar-refractivity contribution is 7.95. The van der Waals surface area contributed by atoms with Gasteiger partial charge < -0.3 is 17.0 Å². The number of fused-ring (bicyclic) bond motifs is 1. The van der Waals surface area contributed by atoms with Crippen molar-refractivity contribution in [3.8, 4) is 0 Å². The molecule has 5 heteroatoms. The number of rotatable bonds is 12. The quantitative estimate of drug-likeness (QED) is 0.142. The summed E-state index contributed by atoms with van der Waals surface area (Å²) in [6.45, 7) is 0.511. The van der Waals surface area contributed by atoms with Crippen molar-refractivity contribution in [2.24, 2.45) is 0 Å². The van der Waals surface area contributed by atoms with E-state index in [0.29, 0.717) is 17.7 Å². The van der Waals surface area contributed by atoms with Crippen LogP contribution in [0.4, 0.5) is 0 Å². The van der Waals surface area contributed by atoms with Crippen LogP contribution in [0.25, 0.3) is 0 Å². The lowest BCUT2D eigenvalue weighted by Crippen LogP contribution is -3.00. The number of nitrogens with zero attached hydrogens (tertiary/aromatic N) is 1. The minimum atomic E-state index is -1.75. The molecule has 0 aliphatic carbocycles. The van der Waals surface area contributed by atoms with Gasteiger partial charge in [0.2, 0.25) is 0 Å². The van der Waals surface area contributed by atoms with Crippen LogP contribution in [0.1, 0.15) is 59.2 Å². The Morgan fingerprint density at radius 3 is 1.26 bits per heavy atom. The van der Waals surface area contributed by atoms with Gasteiger partial charge in [-0.3, -0.25) is 14.5 Å². The summed E-state index contributed by atoms with van der Waals surface area (Å²) in [7, 11) is -1.75. The lowest BCUT2D eigenvalue weighted by Gasteiger charge is -2.27. The first-order valence-corrected chi connectivity index (χ1v) is 15.7. The van der Waals surface area contributed by atoms with Crippen molar-refractivity contribution in [3.63, 3.8) is 0 Å². The highest BCUT2D eigenvalue weighted by atomic mass is 79.9. The van der Waals surface area contributed by atoms with Crippen molar-refractivity contribution < 1.29 is 26.6 Å². The van der Waals surface area contributed by atoms with Crippen molar-refractivity contribution in [2.75, 3.05) is 12.7 Å². The highest BCUT2D eigenvalue weighted by Gasteiger charge is 2.44. The van der Waals surface area contributed by atoms with Crippen LogP contribution in [-0.4, -0.2) is 29.4 Å². The van der Waals surface area contributed by atoms with E-state index < -0.39 is 7.26 Å². The summed E-state index contributed by atoms with van der Waals surface area (Å²) in [5.41, 5.74) is 1.08. The number of hydrogen-bond donors (Lipinski definition) is 0. The van der Waals surface area contributed by atoms with Crippen LogP contribution in [0.2, 0.25) is 0 Å². The Balaban J connectivity index is 0.00000353. The predicted octanol–water partition coefficient (Wildman–Crippen LogP) is 3.62. The number of benzene rings is 4. The molecule has 0 radical (unpaired) electrons. The minimum absolute atomic E-state index is 0. The number of hydrogen-bond acceptors (Lipinski definition) is 2. The Bertz CT molecular complexity index is 1230. The Morgan fingerprint density at radius 2 is 0.821 bits per heavy atom. The van der Waals surface area contributed by atoms with Gasteiger partial charge in [-0.1, -0.05) is 86.0 Å². The van der Waals surface area contributed by atoms with E-state index in [1.807, 2.05) is 12.1 Å². The molecule has 1 aliphatic rings. The number of carbonyl (C=O) groups excluding carboxylic acids is 2. The molecular weight excluding hydrogens is 565 g/mol. The summed E-state index contributed by atoms with van der Waals surface area (Å²) < 4.78 is 0. The van der Waals surface area contributed by atoms with Gasteiger partial charge in [0.15, 0.2) is 0 Å². The average molecular weight is 601 g/mol. The van der Waals surface area contributed by atoms with Gasteiger partial charge >= 0.3 is 0 Å². The first kappa shape index (κ1) is 28.9. The molecule has 0 aromatic heterocycles. The van der Waals surface area contributed by atoms with Crippen LogP contribution in [0.5, 0.6) is 0 Å². The molecule has 4 aromatic carbocycles. The van der Waals surface area contributed by atoms with Crippen LogP contribution < -0.4 is 32.9 Å². The fraction of sp³-hybridized carbons (Fsp3) is 0.235. The molecule has 0 unspecified atom stereocenters. The Hall–Kier alpha value is -3.07. The van der Waals surface area contributed by atoms with E-state index in [1.54, 1.807) is 12.1 Å². The molecule has 0 spiro atoms. The minimum Gasteiger partial charge on any atom is -1.00 e. The van der Waals surface area contributed by atoms with Crippen LogP contribution in [0.3, 0.4) is 0 Å². The third kappa shape index (κ3) is 6.24. The standard InChI is InChI=1S/C34H35NO2P.BrH/c36-33-31-24-14-15-25-32(31)34(37)35(33)26-16-3-1-2-4-17-27-38(28-18-8-5-9-19-28,29-20-10-6-11-21-29)30-22-12-7-13-23-30;/h5-15,18-25H,1-4,16-17,26-27H2;1H/q+1;/p-1. The van der Waals surface area contributed by atoms with Gasteiger partial charge in [0.05, 0.1) is 17.3 Å². The molecule has 1 heterocycles. The van der Waals surface area contributed by atoms with E-state index in [9.17, 15) is 9.59 Å². The average Bonchev–Trinajstić information content (AvgIpc) is 3.23. The molecular formula is C34H35BrNO2P. The van der Waals surface area contributed by atoms with E-state index in [2.05, 4.69) is 91.0 Å². The number of amides is 2. The SMILES string of the molecule is O=C1c2ccccc2C(=O)N1CCCCCCCC[P+](c1ccccc1)(c1ccccc1)c1ccccc1.[Br-]. The summed E-state index contributed by atoms with van der Waals surface area (Å²) in [6, 6.07) is 40.4. The summed E-state index contributed by atoms with van der Waals surface area (Å²) in [4.78, 5) is 26.6. The maximum Gasteiger partial charge on any atom is 0.261 e. The smallest absolute Gasteiger partial charge is 0.261 e. The van der Waals surface area contributed by atoms with Crippen molar-refractivity contribution >= 4 is 35.0 Å². The van der Waals surface area contributed by atoms with Gasteiger partial charge in [0.1, 0.15) is 23.2 Å². The predicted molar refractivity (Wildman–Crippen MR) is 160 cm³/mol. The molecule has 0 bridgehead atoms. The molecule has 0 saturated carbocycles. The molecule has 5 rings (SSSR count). The monoisotopic (exact) mass is 599 g/mol. The zero-order valence-corrected chi connectivity index (χ0v) is 24.7. The molecule has 0 saturated heterocycles. The van der Waals surface area contributed by atoms with E-state index in [-0.39, 0.29) is 28.8 Å². The molecule has 3 nitrogen and oxygen atoms in total. The summed E-state index contributed by atoms with van der Waals surface area (Å²) >= 11 is 0. The first-order valence-electron chi connectivity index (χ1n) is 13.7. The van der Waals surface area contributed by atoms with Crippen LogP contribution in [0.15, 0.2) is 115 Å². The lowest BCUT2D eigenvalue weighted by molar-refractivity contribution is -0.0000308. The van der Waals surface area contributed by atoms with Crippen LogP contribution in [-0.2, 0) is 0 Å². The lowest BCUT2D eigenvalue weighted by atomic mass is 10.1. The molecule has 0 fully saturated rings. The fourth-order valence-corrected chi connectivity index (χ4v) is 10.1. The third-order valence-corrected chi connectivity index (χ3v) is 12.1. The summed E-state index contributed by atoms with van der Waals surface area (Å²) in [6.07, 6.45) is 7.69. The van der Waals surface area contributed by atoms with Gasteiger partial charge in [-0.15, -0.1) is 0 Å². The molecule has 0 atom stereocenters. The van der Waals surface area contributed by atoms with E-state index in [1.165, 1.54) is 40.1 Å². The molecule has 1 aliphatic heterocycles. The maximum absolute atomic E-state index is 12.6. The fourth-order valence-electron chi connectivity index (χ4n) is 5.65. The normalized spacial score (nSPS) is 12.8. The van der Waals surface area contributed by atoms with Gasteiger partial charge in [0.25, 0.3) is 11.8 Å². The number of halogens is 1. The largest absolute Gasteiger partial charge is 1.00 e. The molecule has 0 N–H and O–H groups in total. The Kier molecular flexibility index (Phi) is 10.3. The maximum atomic E-state index is 12.6. The molecule has 2 amide bonds. The van der Waals surface area contributed by atoms with E-state index in [4.69, 9.17) is 0 Å². The zero-order valence-electron chi connectivity index (χ0n) is 22.2. The molecule has 39 heavy (non-hydrogen) atoms. The second kappa shape index (κ2) is 13.8. The van der Waals surface area contributed by atoms with Crippen molar-refractivity contribution in [2.45, 2.75) is 38.5 Å². The van der Waals surface area contributed by atoms with Crippen molar-refractivity contribution in [1.82, 2.24) is 4.90 Å².